The number of benzene rings is 1. The second kappa shape index (κ2) is 6.33. The van der Waals surface area contributed by atoms with Gasteiger partial charge >= 0.3 is 6.18 Å². The Morgan fingerprint density at radius 2 is 1.86 bits per heavy atom. The number of hydrogen-bond donors (Lipinski definition) is 2. The first-order valence-corrected chi connectivity index (χ1v) is 6.71. The molecule has 0 aromatic heterocycles. The monoisotopic (exact) mass is 318 g/mol. The number of alkyl halides is 3. The van der Waals surface area contributed by atoms with Crippen LogP contribution < -0.4 is 10.6 Å². The minimum absolute atomic E-state index is 0.0930. The van der Waals surface area contributed by atoms with E-state index in [9.17, 15) is 27.2 Å². The summed E-state index contributed by atoms with van der Waals surface area (Å²) in [6.07, 6.45) is -1.98. The summed E-state index contributed by atoms with van der Waals surface area (Å²) in [5.74, 6) is -2.53. The van der Waals surface area contributed by atoms with Crippen molar-refractivity contribution in [1.29, 1.82) is 0 Å². The van der Waals surface area contributed by atoms with E-state index in [0.29, 0.717) is 18.2 Å². The fourth-order valence-corrected chi connectivity index (χ4v) is 1.98. The molecule has 2 rings (SSSR count). The van der Waals surface area contributed by atoms with Crippen molar-refractivity contribution in [2.45, 2.75) is 31.5 Å². The van der Waals surface area contributed by atoms with Gasteiger partial charge in [-0.15, -0.1) is 0 Å². The SMILES string of the molecule is O=C(CNC(=O)c1cc(F)cc(C(F)(F)F)c1)NC1CCC1. The van der Waals surface area contributed by atoms with E-state index in [1.807, 2.05) is 0 Å². The number of nitrogens with one attached hydrogen (secondary N) is 2. The minimum atomic E-state index is -4.75. The van der Waals surface area contributed by atoms with Gasteiger partial charge in [0, 0.05) is 11.6 Å². The summed E-state index contributed by atoms with van der Waals surface area (Å²) in [5.41, 5.74) is -1.74. The molecule has 1 aromatic rings. The lowest BCUT2D eigenvalue weighted by atomic mass is 9.93. The van der Waals surface area contributed by atoms with Gasteiger partial charge in [-0.25, -0.2) is 4.39 Å². The Morgan fingerprint density at radius 3 is 2.41 bits per heavy atom. The fraction of sp³-hybridized carbons (Fsp3) is 0.429. The van der Waals surface area contributed by atoms with Crippen LogP contribution in [0.2, 0.25) is 0 Å². The van der Waals surface area contributed by atoms with Gasteiger partial charge < -0.3 is 10.6 Å². The van der Waals surface area contributed by atoms with Gasteiger partial charge in [-0.1, -0.05) is 0 Å². The molecule has 2 amide bonds. The zero-order chi connectivity index (χ0) is 16.3. The van der Waals surface area contributed by atoms with E-state index in [-0.39, 0.29) is 12.6 Å². The second-order valence-electron chi connectivity index (χ2n) is 5.10. The smallest absolute Gasteiger partial charge is 0.352 e. The summed E-state index contributed by atoms with van der Waals surface area (Å²) in [7, 11) is 0. The van der Waals surface area contributed by atoms with Crippen molar-refractivity contribution >= 4 is 11.8 Å². The zero-order valence-corrected chi connectivity index (χ0v) is 11.5. The molecule has 0 radical (unpaired) electrons. The highest BCUT2D eigenvalue weighted by Gasteiger charge is 2.32. The van der Waals surface area contributed by atoms with Crippen molar-refractivity contribution in [3.8, 4) is 0 Å². The molecule has 0 heterocycles. The fourth-order valence-electron chi connectivity index (χ4n) is 1.98. The predicted molar refractivity (Wildman–Crippen MR) is 69.5 cm³/mol. The lowest BCUT2D eigenvalue weighted by Crippen LogP contribution is -2.44. The first-order chi connectivity index (χ1) is 10.3. The third-order valence-corrected chi connectivity index (χ3v) is 3.37. The molecule has 4 nitrogen and oxygen atoms in total. The van der Waals surface area contributed by atoms with Crippen LogP contribution in [0.25, 0.3) is 0 Å². The van der Waals surface area contributed by atoms with Crippen molar-refractivity contribution in [3.63, 3.8) is 0 Å². The molecule has 0 spiro atoms. The maximum absolute atomic E-state index is 13.2. The van der Waals surface area contributed by atoms with Crippen molar-refractivity contribution in [3.05, 3.63) is 35.1 Å². The lowest BCUT2D eigenvalue weighted by molar-refractivity contribution is -0.137. The molecule has 0 aliphatic heterocycles. The standard InChI is InChI=1S/C14H14F4N2O2/c15-10-5-8(4-9(6-10)14(16,17)18)13(22)19-7-12(21)20-11-2-1-3-11/h4-6,11H,1-3,7H2,(H,19,22)(H,20,21). The minimum Gasteiger partial charge on any atom is -0.352 e. The molecule has 0 saturated heterocycles. The predicted octanol–water partition coefficient (Wildman–Crippen LogP) is 2.24. The van der Waals surface area contributed by atoms with Crippen LogP contribution in [0.1, 0.15) is 35.2 Å². The van der Waals surface area contributed by atoms with E-state index in [4.69, 9.17) is 0 Å². The molecule has 2 N–H and O–H groups in total. The molecule has 1 aliphatic rings. The van der Waals surface area contributed by atoms with Gasteiger partial charge in [-0.3, -0.25) is 9.59 Å². The van der Waals surface area contributed by atoms with Crippen LogP contribution >= 0.6 is 0 Å². The Bertz CT molecular complexity index is 583. The Morgan fingerprint density at radius 1 is 1.18 bits per heavy atom. The summed E-state index contributed by atoms with van der Waals surface area (Å²) >= 11 is 0. The highest BCUT2D eigenvalue weighted by atomic mass is 19.4. The number of carbonyl (C=O) groups is 2. The van der Waals surface area contributed by atoms with Gasteiger partial charge in [0.1, 0.15) is 5.82 Å². The third-order valence-electron chi connectivity index (χ3n) is 3.37. The molecule has 120 valence electrons. The molecule has 22 heavy (non-hydrogen) atoms. The van der Waals surface area contributed by atoms with Gasteiger partial charge in [0.15, 0.2) is 0 Å². The highest BCUT2D eigenvalue weighted by molar-refractivity contribution is 5.96. The van der Waals surface area contributed by atoms with Crippen LogP contribution in [0.5, 0.6) is 0 Å². The van der Waals surface area contributed by atoms with Crippen molar-refractivity contribution in [2.24, 2.45) is 0 Å². The summed E-state index contributed by atoms with van der Waals surface area (Å²) in [4.78, 5) is 23.2. The molecule has 0 bridgehead atoms. The Hall–Kier alpha value is -2.12. The van der Waals surface area contributed by atoms with Gasteiger partial charge in [-0.05, 0) is 37.5 Å². The van der Waals surface area contributed by atoms with E-state index in [0.717, 1.165) is 19.3 Å². The van der Waals surface area contributed by atoms with E-state index in [2.05, 4.69) is 10.6 Å². The molecule has 1 fully saturated rings. The van der Waals surface area contributed by atoms with Crippen LogP contribution in [0.15, 0.2) is 18.2 Å². The lowest BCUT2D eigenvalue weighted by Gasteiger charge is -2.26. The molecule has 0 atom stereocenters. The van der Waals surface area contributed by atoms with E-state index < -0.39 is 34.9 Å². The molecular formula is C14H14F4N2O2. The van der Waals surface area contributed by atoms with Crippen LogP contribution in [0, 0.1) is 5.82 Å². The Labute approximate surface area is 123 Å². The summed E-state index contributed by atoms with van der Waals surface area (Å²) < 4.78 is 50.8. The van der Waals surface area contributed by atoms with Gasteiger partial charge in [0.2, 0.25) is 5.91 Å². The average Bonchev–Trinajstić information content (AvgIpc) is 2.38. The van der Waals surface area contributed by atoms with Crippen LogP contribution in [-0.2, 0) is 11.0 Å². The molecule has 8 heteroatoms. The van der Waals surface area contributed by atoms with Crippen LogP contribution in [0.4, 0.5) is 17.6 Å². The maximum Gasteiger partial charge on any atom is 0.416 e. The Balaban J connectivity index is 1.96. The third kappa shape index (κ3) is 4.19. The number of rotatable bonds is 4. The van der Waals surface area contributed by atoms with E-state index in [1.54, 1.807) is 0 Å². The number of halogens is 4. The molecular weight excluding hydrogens is 304 g/mol. The quantitative estimate of drug-likeness (QED) is 0.837. The topological polar surface area (TPSA) is 58.2 Å². The summed E-state index contributed by atoms with van der Waals surface area (Å²) in [6, 6.07) is 1.63. The van der Waals surface area contributed by atoms with Crippen LogP contribution in [0.3, 0.4) is 0 Å². The van der Waals surface area contributed by atoms with E-state index in [1.165, 1.54) is 0 Å². The molecule has 1 saturated carbocycles. The zero-order valence-electron chi connectivity index (χ0n) is 11.5. The van der Waals surface area contributed by atoms with Gasteiger partial charge in [0.25, 0.3) is 5.91 Å². The van der Waals surface area contributed by atoms with Crippen molar-refractivity contribution in [1.82, 2.24) is 10.6 Å². The first kappa shape index (κ1) is 16.3. The Kier molecular flexibility index (Phi) is 4.68. The highest BCUT2D eigenvalue weighted by Crippen LogP contribution is 2.30. The number of carbonyl (C=O) groups excluding carboxylic acids is 2. The first-order valence-electron chi connectivity index (χ1n) is 6.71. The normalized spacial score (nSPS) is 15.1. The average molecular weight is 318 g/mol. The molecule has 0 unspecified atom stereocenters. The van der Waals surface area contributed by atoms with Gasteiger partial charge in [-0.2, -0.15) is 13.2 Å². The summed E-state index contributed by atoms with van der Waals surface area (Å²) in [6.45, 7) is -0.368. The van der Waals surface area contributed by atoms with Crippen molar-refractivity contribution in [2.75, 3.05) is 6.54 Å². The maximum atomic E-state index is 13.2. The van der Waals surface area contributed by atoms with Crippen LogP contribution in [-0.4, -0.2) is 24.4 Å². The van der Waals surface area contributed by atoms with Crippen molar-refractivity contribution < 1.29 is 27.2 Å². The molecule has 1 aromatic carbocycles. The summed E-state index contributed by atoms with van der Waals surface area (Å²) in [5, 5.41) is 4.84. The van der Waals surface area contributed by atoms with E-state index >= 15 is 0 Å². The van der Waals surface area contributed by atoms with Gasteiger partial charge in [0.05, 0.1) is 12.1 Å². The number of hydrogen-bond acceptors (Lipinski definition) is 2. The number of amides is 2. The molecule has 1 aliphatic carbocycles. The largest absolute Gasteiger partial charge is 0.416 e. The second-order valence-corrected chi connectivity index (χ2v) is 5.10.